The van der Waals surface area contributed by atoms with Gasteiger partial charge in [-0.25, -0.2) is 0 Å². The lowest BCUT2D eigenvalue weighted by molar-refractivity contribution is -0.468. The molecule has 0 aliphatic carbocycles. The summed E-state index contributed by atoms with van der Waals surface area (Å²) in [6.45, 7) is 0. The number of hydrogen-bond acceptors (Lipinski definition) is 1. The van der Waals surface area contributed by atoms with Crippen molar-refractivity contribution in [2.75, 3.05) is 0 Å². The Kier molecular flexibility index (Phi) is 7.36. The number of aromatic hydroxyl groups is 1. The van der Waals surface area contributed by atoms with Crippen LogP contribution in [0.4, 0.5) is 83.4 Å². The molecule has 0 unspecified atom stereocenters. The second-order valence-corrected chi connectivity index (χ2v) is 7.07. The Balaban J connectivity index is 3.65. The number of benzene rings is 1. The van der Waals surface area contributed by atoms with Gasteiger partial charge in [0.2, 0.25) is 0 Å². The van der Waals surface area contributed by atoms with Crippen molar-refractivity contribution in [1.29, 1.82) is 0 Å². The number of rotatable bonds is 9. The maximum atomic E-state index is 13.8. The summed E-state index contributed by atoms with van der Waals surface area (Å²) in [7, 11) is 0. The van der Waals surface area contributed by atoms with Gasteiger partial charge in [0, 0.05) is 6.42 Å². The highest BCUT2D eigenvalue weighted by Gasteiger charge is 2.96. The van der Waals surface area contributed by atoms with Crippen LogP contribution in [0.25, 0.3) is 0 Å². The summed E-state index contributed by atoms with van der Waals surface area (Å²) in [6, 6.07) is 1.43. The minimum absolute atomic E-state index is 0.276. The predicted octanol–water partition coefficient (Wildman–Crippen LogP) is 7.58. The maximum absolute atomic E-state index is 13.8. The summed E-state index contributed by atoms with van der Waals surface area (Å²) in [6.07, 6.45) is -10.7. The van der Waals surface area contributed by atoms with Crippen molar-refractivity contribution in [3.63, 3.8) is 0 Å². The molecule has 0 amide bonds. The van der Waals surface area contributed by atoms with E-state index in [0.29, 0.717) is 12.1 Å². The van der Waals surface area contributed by atoms with Gasteiger partial charge in [-0.05, 0) is 17.7 Å². The lowest BCUT2D eigenvalue weighted by Gasteiger charge is -2.43. The lowest BCUT2D eigenvalue weighted by atomic mass is 9.86. The van der Waals surface area contributed by atoms with E-state index in [4.69, 9.17) is 5.11 Å². The van der Waals surface area contributed by atoms with Gasteiger partial charge in [-0.2, -0.15) is 83.4 Å². The van der Waals surface area contributed by atoms with Crippen molar-refractivity contribution in [3.8, 4) is 5.75 Å². The van der Waals surface area contributed by atoms with Crippen LogP contribution in [0.15, 0.2) is 24.3 Å². The van der Waals surface area contributed by atoms with E-state index in [2.05, 4.69) is 0 Å². The summed E-state index contributed by atoms with van der Waals surface area (Å²) >= 11 is 0. The van der Waals surface area contributed by atoms with E-state index in [9.17, 15) is 83.4 Å². The average molecular weight is 576 g/mol. The maximum Gasteiger partial charge on any atom is 0.460 e. The molecule has 0 heterocycles. The van der Waals surface area contributed by atoms with Gasteiger partial charge in [0.25, 0.3) is 0 Å². The predicted molar refractivity (Wildman–Crippen MR) is 77.4 cm³/mol. The summed E-state index contributed by atoms with van der Waals surface area (Å²) in [5.74, 6) is -67.4. The topological polar surface area (TPSA) is 20.2 Å². The molecule has 0 fully saturated rings. The van der Waals surface area contributed by atoms with Crippen LogP contribution in [0.1, 0.15) is 5.56 Å². The first-order valence-corrected chi connectivity index (χ1v) is 8.34. The highest BCUT2D eigenvalue weighted by molar-refractivity contribution is 5.27. The molecule has 0 aromatic heterocycles. The van der Waals surface area contributed by atoms with E-state index in [0.717, 1.165) is 0 Å². The first-order chi connectivity index (χ1) is 15.5. The molecule has 210 valence electrons. The zero-order chi connectivity index (χ0) is 29.2. The van der Waals surface area contributed by atoms with Crippen LogP contribution >= 0.6 is 0 Å². The smallest absolute Gasteiger partial charge is 0.460 e. The summed E-state index contributed by atoms with van der Waals surface area (Å²) in [5.41, 5.74) is -1.20. The monoisotopic (exact) mass is 576 g/mol. The van der Waals surface area contributed by atoms with E-state index in [1.165, 1.54) is 0 Å². The third kappa shape index (κ3) is 4.16. The molecule has 1 rings (SSSR count). The third-order valence-electron chi connectivity index (χ3n) is 4.54. The molecule has 1 aromatic carbocycles. The van der Waals surface area contributed by atoms with Gasteiger partial charge < -0.3 is 5.11 Å². The Hall–Kier alpha value is -2.31. The molecule has 1 nitrogen and oxygen atoms in total. The molecule has 0 saturated heterocycles. The molecule has 0 aliphatic rings. The van der Waals surface area contributed by atoms with Gasteiger partial charge in [0.05, 0.1) is 0 Å². The SMILES string of the molecule is Oc1ccc(CC(F)(F)C(F)(F)C(F)(F)C(F)(F)C(F)(F)C(F)(F)C(F)(F)C(F)(F)C(F)(F)F)cc1. The minimum atomic E-state index is -8.93. The van der Waals surface area contributed by atoms with Crippen molar-refractivity contribution in [1.82, 2.24) is 0 Å². The molecule has 0 spiro atoms. The molecule has 20 heteroatoms. The van der Waals surface area contributed by atoms with Crippen LogP contribution in [0.3, 0.4) is 0 Å². The standard InChI is InChI=1S/C16H7F19O/c17-8(18,5-6-1-3-7(36)4-2-6)9(19,20)10(21,22)11(23,24)12(25,26)13(27,28)14(29,30)15(31,32)16(33,34)35/h1-4,36H,5H2. The largest absolute Gasteiger partial charge is 0.508 e. The van der Waals surface area contributed by atoms with Gasteiger partial charge in [0.1, 0.15) is 5.75 Å². The Morgan fingerprint density at radius 1 is 0.417 bits per heavy atom. The number of hydrogen-bond donors (Lipinski definition) is 1. The van der Waals surface area contributed by atoms with Crippen LogP contribution in [-0.2, 0) is 6.42 Å². The van der Waals surface area contributed by atoms with Gasteiger partial charge in [-0.3, -0.25) is 0 Å². The lowest BCUT2D eigenvalue weighted by Crippen LogP contribution is -2.75. The van der Waals surface area contributed by atoms with Crippen molar-refractivity contribution in [2.45, 2.75) is 60.0 Å². The first kappa shape index (κ1) is 31.7. The highest BCUT2D eigenvalue weighted by Crippen LogP contribution is 2.65. The van der Waals surface area contributed by atoms with Crippen LogP contribution < -0.4 is 0 Å². The summed E-state index contributed by atoms with van der Waals surface area (Å²) < 4.78 is 251. The quantitative estimate of drug-likeness (QED) is 0.301. The summed E-state index contributed by atoms with van der Waals surface area (Å²) in [4.78, 5) is 0. The van der Waals surface area contributed by atoms with Gasteiger partial charge in [-0.1, -0.05) is 12.1 Å². The average Bonchev–Trinajstić information content (AvgIpc) is 2.67. The van der Waals surface area contributed by atoms with Crippen molar-refractivity contribution in [2.24, 2.45) is 0 Å². The highest BCUT2D eigenvalue weighted by atomic mass is 19.4. The number of phenolic OH excluding ortho intramolecular Hbond substituents is 1. The van der Waals surface area contributed by atoms with E-state index >= 15 is 0 Å². The third-order valence-corrected chi connectivity index (χ3v) is 4.54. The second-order valence-electron chi connectivity index (χ2n) is 7.07. The molecular formula is C16H7F19O. The van der Waals surface area contributed by atoms with Crippen LogP contribution in [0, 0.1) is 0 Å². The van der Waals surface area contributed by atoms with Crippen LogP contribution in [0.5, 0.6) is 5.75 Å². The van der Waals surface area contributed by atoms with Crippen LogP contribution in [0.2, 0.25) is 0 Å². The molecule has 0 bridgehead atoms. The van der Waals surface area contributed by atoms with E-state index in [-0.39, 0.29) is 12.1 Å². The molecule has 0 atom stereocenters. The Morgan fingerprint density at radius 2 is 0.694 bits per heavy atom. The van der Waals surface area contributed by atoms with E-state index in [1.54, 1.807) is 0 Å². The van der Waals surface area contributed by atoms with Gasteiger partial charge in [0.15, 0.2) is 0 Å². The molecule has 0 aliphatic heterocycles. The van der Waals surface area contributed by atoms with E-state index in [1.807, 2.05) is 0 Å². The van der Waals surface area contributed by atoms with Crippen LogP contribution in [-0.4, -0.2) is 58.7 Å². The molecule has 1 aromatic rings. The van der Waals surface area contributed by atoms with E-state index < -0.39 is 71.3 Å². The van der Waals surface area contributed by atoms with Crippen molar-refractivity contribution < 1.29 is 88.5 Å². The minimum Gasteiger partial charge on any atom is -0.508 e. The normalized spacial score (nSPS) is 15.9. The molecular weight excluding hydrogens is 569 g/mol. The zero-order valence-electron chi connectivity index (χ0n) is 16.1. The van der Waals surface area contributed by atoms with Gasteiger partial charge >= 0.3 is 53.6 Å². The number of phenols is 1. The molecule has 0 radical (unpaired) electrons. The van der Waals surface area contributed by atoms with Crippen molar-refractivity contribution in [3.05, 3.63) is 29.8 Å². The van der Waals surface area contributed by atoms with Gasteiger partial charge in [-0.15, -0.1) is 0 Å². The van der Waals surface area contributed by atoms with Crippen molar-refractivity contribution >= 4 is 0 Å². The fourth-order valence-electron chi connectivity index (χ4n) is 2.37. The molecule has 1 N–H and O–H groups in total. The first-order valence-electron chi connectivity index (χ1n) is 8.34. The fourth-order valence-corrected chi connectivity index (χ4v) is 2.37. The Bertz CT molecular complexity index is 928. The Morgan fingerprint density at radius 3 is 1.00 bits per heavy atom. The second kappa shape index (κ2) is 8.35. The summed E-state index contributed by atoms with van der Waals surface area (Å²) in [5, 5.41) is 8.90. The zero-order valence-corrected chi connectivity index (χ0v) is 16.1. The number of halogens is 19. The molecule has 0 saturated carbocycles. The molecule has 36 heavy (non-hydrogen) atoms. The Labute approximate surface area is 185 Å². The number of alkyl halides is 19. The fraction of sp³-hybridized carbons (Fsp3) is 0.625.